The summed E-state index contributed by atoms with van der Waals surface area (Å²) < 4.78 is 10.4. The van der Waals surface area contributed by atoms with Crippen LogP contribution >= 0.6 is 0 Å². The van der Waals surface area contributed by atoms with E-state index < -0.39 is 0 Å². The zero-order valence-corrected chi connectivity index (χ0v) is 8.03. The molecule has 0 aliphatic carbocycles. The van der Waals surface area contributed by atoms with E-state index in [4.69, 9.17) is 9.47 Å². The van der Waals surface area contributed by atoms with Crippen molar-refractivity contribution in [2.75, 3.05) is 13.2 Å². The molecule has 2 nitrogen and oxygen atoms in total. The first kappa shape index (κ1) is 8.45. The molecule has 0 saturated carbocycles. The second-order valence-electron chi connectivity index (χ2n) is 4.02. The van der Waals surface area contributed by atoms with Crippen molar-refractivity contribution in [1.82, 2.24) is 0 Å². The maximum absolute atomic E-state index is 5.20. The van der Waals surface area contributed by atoms with Crippen molar-refractivity contribution in [2.45, 2.75) is 25.0 Å². The van der Waals surface area contributed by atoms with Crippen LogP contribution in [-0.2, 0) is 22.3 Å². The summed E-state index contributed by atoms with van der Waals surface area (Å²) in [6.07, 6.45) is 2.94. The minimum Gasteiger partial charge on any atom is -0.373 e. The summed E-state index contributed by atoms with van der Waals surface area (Å²) in [5.74, 6) is 0. The van der Waals surface area contributed by atoms with Crippen LogP contribution in [-0.4, -0.2) is 25.4 Å². The Hall–Kier alpha value is -0.860. The SMILES string of the molecule is [c]1c(CC2CO2)cccc1CC1CO1. The molecule has 0 spiro atoms. The van der Waals surface area contributed by atoms with Crippen LogP contribution in [0, 0.1) is 6.07 Å². The van der Waals surface area contributed by atoms with Gasteiger partial charge in [-0.15, -0.1) is 0 Å². The number of hydrogen-bond acceptors (Lipinski definition) is 2. The molecule has 2 aliphatic rings. The van der Waals surface area contributed by atoms with E-state index in [1.165, 1.54) is 11.1 Å². The zero-order valence-electron chi connectivity index (χ0n) is 8.03. The molecule has 2 aliphatic heterocycles. The van der Waals surface area contributed by atoms with Crippen molar-refractivity contribution in [2.24, 2.45) is 0 Å². The normalized spacial score (nSPS) is 28.9. The van der Waals surface area contributed by atoms with E-state index in [1.54, 1.807) is 0 Å². The van der Waals surface area contributed by atoms with Crippen LogP contribution < -0.4 is 0 Å². The molecule has 1 aromatic rings. The molecule has 2 heteroatoms. The maximum Gasteiger partial charge on any atom is 0.0850 e. The fraction of sp³-hybridized carbons (Fsp3) is 0.500. The Morgan fingerprint density at radius 3 is 2.00 bits per heavy atom. The van der Waals surface area contributed by atoms with Crippen LogP contribution in [0.25, 0.3) is 0 Å². The number of hydrogen-bond donors (Lipinski definition) is 0. The largest absolute Gasteiger partial charge is 0.373 e. The fourth-order valence-corrected chi connectivity index (χ4v) is 1.67. The number of epoxide rings is 2. The highest BCUT2D eigenvalue weighted by Gasteiger charge is 2.24. The quantitative estimate of drug-likeness (QED) is 0.668. The van der Waals surface area contributed by atoms with Crippen molar-refractivity contribution in [3.8, 4) is 0 Å². The van der Waals surface area contributed by atoms with Gasteiger partial charge in [0.05, 0.1) is 25.4 Å². The molecular weight excluding hydrogens is 176 g/mol. The monoisotopic (exact) mass is 189 g/mol. The van der Waals surface area contributed by atoms with Gasteiger partial charge in [0.1, 0.15) is 0 Å². The third kappa shape index (κ3) is 2.14. The van der Waals surface area contributed by atoms with E-state index in [-0.39, 0.29) is 0 Å². The molecule has 2 heterocycles. The standard InChI is InChI=1S/C12H13O2/c1-2-9(5-11-7-13-11)4-10(3-1)6-12-8-14-12/h1-3,11-12H,5-8H2. The molecule has 1 radical (unpaired) electrons. The molecule has 2 saturated heterocycles. The van der Waals surface area contributed by atoms with Gasteiger partial charge >= 0.3 is 0 Å². The van der Waals surface area contributed by atoms with E-state index in [2.05, 4.69) is 24.3 Å². The summed E-state index contributed by atoms with van der Waals surface area (Å²) in [6.45, 7) is 1.84. The second-order valence-corrected chi connectivity index (χ2v) is 4.02. The predicted octanol–water partition coefficient (Wildman–Crippen LogP) is 1.37. The molecule has 0 bridgehead atoms. The van der Waals surface area contributed by atoms with Crippen LogP contribution in [0.4, 0.5) is 0 Å². The third-order valence-electron chi connectivity index (χ3n) is 2.62. The van der Waals surface area contributed by atoms with Crippen molar-refractivity contribution in [3.05, 3.63) is 35.4 Å². The number of benzene rings is 1. The molecule has 0 aromatic heterocycles. The Labute approximate surface area is 83.8 Å². The Balaban J connectivity index is 1.68. The second kappa shape index (κ2) is 3.37. The van der Waals surface area contributed by atoms with Gasteiger partial charge in [-0.25, -0.2) is 0 Å². The topological polar surface area (TPSA) is 25.1 Å². The van der Waals surface area contributed by atoms with Crippen molar-refractivity contribution >= 4 is 0 Å². The summed E-state index contributed by atoms with van der Waals surface area (Å²) in [5, 5.41) is 0. The van der Waals surface area contributed by atoms with Crippen molar-refractivity contribution < 1.29 is 9.47 Å². The molecular formula is C12H13O2. The van der Waals surface area contributed by atoms with Gasteiger partial charge in [-0.1, -0.05) is 18.2 Å². The highest BCUT2D eigenvalue weighted by molar-refractivity contribution is 5.23. The van der Waals surface area contributed by atoms with Gasteiger partial charge in [0.25, 0.3) is 0 Å². The van der Waals surface area contributed by atoms with Crippen LogP contribution in [0.3, 0.4) is 0 Å². The lowest BCUT2D eigenvalue weighted by Gasteiger charge is -2.01. The number of ether oxygens (including phenoxy) is 2. The lowest BCUT2D eigenvalue weighted by atomic mass is 10.0. The molecule has 14 heavy (non-hydrogen) atoms. The van der Waals surface area contributed by atoms with Gasteiger partial charge in [-0.3, -0.25) is 0 Å². The molecule has 73 valence electrons. The van der Waals surface area contributed by atoms with Crippen molar-refractivity contribution in [1.29, 1.82) is 0 Å². The molecule has 3 rings (SSSR count). The van der Waals surface area contributed by atoms with Gasteiger partial charge in [-0.05, 0) is 17.2 Å². The van der Waals surface area contributed by atoms with E-state index in [0.717, 1.165) is 26.1 Å². The maximum atomic E-state index is 5.20. The van der Waals surface area contributed by atoms with Gasteiger partial charge in [0.2, 0.25) is 0 Å². The minimum atomic E-state index is 0.457. The molecule has 2 atom stereocenters. The van der Waals surface area contributed by atoms with Crippen LogP contribution in [0.1, 0.15) is 11.1 Å². The Morgan fingerprint density at radius 1 is 1.07 bits per heavy atom. The van der Waals surface area contributed by atoms with E-state index in [1.807, 2.05) is 0 Å². The molecule has 0 N–H and O–H groups in total. The molecule has 2 fully saturated rings. The minimum absolute atomic E-state index is 0.457. The fourth-order valence-electron chi connectivity index (χ4n) is 1.67. The smallest absolute Gasteiger partial charge is 0.0850 e. The van der Waals surface area contributed by atoms with Crippen LogP contribution in [0.5, 0.6) is 0 Å². The third-order valence-corrected chi connectivity index (χ3v) is 2.62. The van der Waals surface area contributed by atoms with Gasteiger partial charge in [0.15, 0.2) is 0 Å². The summed E-state index contributed by atoms with van der Waals surface area (Å²) >= 11 is 0. The Morgan fingerprint density at radius 2 is 1.57 bits per heavy atom. The molecule has 1 aromatic carbocycles. The zero-order chi connectivity index (χ0) is 9.38. The first-order chi connectivity index (χ1) is 6.90. The van der Waals surface area contributed by atoms with Crippen LogP contribution in [0.15, 0.2) is 18.2 Å². The lowest BCUT2D eigenvalue weighted by molar-refractivity contribution is 0.406. The predicted molar refractivity (Wildman–Crippen MR) is 52.2 cm³/mol. The highest BCUT2D eigenvalue weighted by Crippen LogP contribution is 2.19. The summed E-state index contributed by atoms with van der Waals surface area (Å²) in [6, 6.07) is 9.78. The van der Waals surface area contributed by atoms with Gasteiger partial charge < -0.3 is 9.47 Å². The Kier molecular flexibility index (Phi) is 2.03. The highest BCUT2D eigenvalue weighted by atomic mass is 16.6. The average Bonchev–Trinajstić information content (AvgIpc) is 3.00. The van der Waals surface area contributed by atoms with E-state index in [0.29, 0.717) is 12.2 Å². The molecule has 0 amide bonds. The van der Waals surface area contributed by atoms with Gasteiger partial charge in [-0.2, -0.15) is 0 Å². The Bertz CT molecular complexity index is 298. The average molecular weight is 189 g/mol. The first-order valence-corrected chi connectivity index (χ1v) is 5.13. The number of rotatable bonds is 4. The summed E-state index contributed by atoms with van der Waals surface area (Å²) in [5.41, 5.74) is 2.54. The van der Waals surface area contributed by atoms with Crippen molar-refractivity contribution in [3.63, 3.8) is 0 Å². The van der Waals surface area contributed by atoms with E-state index in [9.17, 15) is 0 Å². The lowest BCUT2D eigenvalue weighted by Crippen LogP contribution is -1.97. The molecule has 2 unspecified atom stereocenters. The first-order valence-electron chi connectivity index (χ1n) is 5.13. The van der Waals surface area contributed by atoms with Crippen LogP contribution in [0.2, 0.25) is 0 Å². The summed E-state index contributed by atoms with van der Waals surface area (Å²) in [4.78, 5) is 0. The van der Waals surface area contributed by atoms with E-state index >= 15 is 0 Å². The van der Waals surface area contributed by atoms with Gasteiger partial charge in [0, 0.05) is 12.8 Å². The summed E-state index contributed by atoms with van der Waals surface area (Å²) in [7, 11) is 0.